The fourth-order valence-corrected chi connectivity index (χ4v) is 3.54. The van der Waals surface area contributed by atoms with Crippen LogP contribution < -0.4 is 15.5 Å². The zero-order valence-electron chi connectivity index (χ0n) is 15.4. The number of halogens is 1. The first-order valence-corrected chi connectivity index (χ1v) is 9.70. The van der Waals surface area contributed by atoms with Gasteiger partial charge in [-0.05, 0) is 42.5 Å². The molecule has 1 heterocycles. The van der Waals surface area contributed by atoms with Gasteiger partial charge in [0.1, 0.15) is 0 Å². The fraction of sp³-hybridized carbons (Fsp3) is 0.250. The maximum absolute atomic E-state index is 12.1. The summed E-state index contributed by atoms with van der Waals surface area (Å²) in [5.41, 5.74) is 2.13. The first-order chi connectivity index (χ1) is 13.4. The number of thiocarbonyl (C=S) groups is 1. The number of carbonyl (C=O) groups is 2. The van der Waals surface area contributed by atoms with E-state index in [-0.39, 0.29) is 16.9 Å². The smallest absolute Gasteiger partial charge is 0.257 e. The molecule has 1 saturated heterocycles. The summed E-state index contributed by atoms with van der Waals surface area (Å²) in [4.78, 5) is 27.6. The Kier molecular flexibility index (Phi) is 6.49. The van der Waals surface area contributed by atoms with Crippen LogP contribution in [0.1, 0.15) is 17.3 Å². The molecule has 0 saturated carbocycles. The highest BCUT2D eigenvalue weighted by Gasteiger charge is 2.20. The van der Waals surface area contributed by atoms with Crippen LogP contribution in [-0.2, 0) is 4.79 Å². The minimum Gasteiger partial charge on any atom is -0.367 e. The molecule has 0 unspecified atom stereocenters. The molecular formula is C20H21ClN4O2S. The molecule has 0 atom stereocenters. The molecule has 2 N–H and O–H groups in total. The molecule has 2 amide bonds. The molecule has 0 spiro atoms. The number of amides is 2. The van der Waals surface area contributed by atoms with Crippen LogP contribution in [0.2, 0.25) is 5.02 Å². The van der Waals surface area contributed by atoms with Gasteiger partial charge in [0.25, 0.3) is 5.91 Å². The maximum atomic E-state index is 12.1. The molecule has 28 heavy (non-hydrogen) atoms. The molecule has 8 heteroatoms. The zero-order valence-corrected chi connectivity index (χ0v) is 17.0. The quantitative estimate of drug-likeness (QED) is 0.752. The van der Waals surface area contributed by atoms with Crippen molar-refractivity contribution in [2.45, 2.75) is 6.92 Å². The first kappa shape index (κ1) is 20.1. The summed E-state index contributed by atoms with van der Waals surface area (Å²) in [6.07, 6.45) is 0. The minimum atomic E-state index is -0.274. The summed E-state index contributed by atoms with van der Waals surface area (Å²) in [6, 6.07) is 14.4. The summed E-state index contributed by atoms with van der Waals surface area (Å²) < 4.78 is 0. The van der Waals surface area contributed by atoms with Crippen molar-refractivity contribution in [2.24, 2.45) is 0 Å². The molecule has 146 valence electrons. The van der Waals surface area contributed by atoms with Gasteiger partial charge in [0.15, 0.2) is 5.11 Å². The van der Waals surface area contributed by atoms with E-state index in [1.54, 1.807) is 37.3 Å². The summed E-state index contributed by atoms with van der Waals surface area (Å²) in [5, 5.41) is 6.41. The number of carbonyl (C=O) groups excluding carboxylic acids is 2. The van der Waals surface area contributed by atoms with Gasteiger partial charge in [0, 0.05) is 44.4 Å². The van der Waals surface area contributed by atoms with Gasteiger partial charge in [-0.25, -0.2) is 0 Å². The SMILES string of the molecule is CC(=O)N1CCN(c2ccc(NC(=S)NC(=O)c3ccccc3)cc2Cl)CC1. The number of hydrogen-bond donors (Lipinski definition) is 2. The van der Waals surface area contributed by atoms with Gasteiger partial charge in [0.05, 0.1) is 10.7 Å². The Balaban J connectivity index is 1.59. The van der Waals surface area contributed by atoms with Crippen LogP contribution in [0, 0.1) is 0 Å². The van der Waals surface area contributed by atoms with E-state index in [4.69, 9.17) is 23.8 Å². The second kappa shape index (κ2) is 9.03. The van der Waals surface area contributed by atoms with E-state index in [1.807, 2.05) is 23.1 Å². The van der Waals surface area contributed by atoms with E-state index in [2.05, 4.69) is 15.5 Å². The predicted octanol–water partition coefficient (Wildman–Crippen LogP) is 3.14. The lowest BCUT2D eigenvalue weighted by molar-refractivity contribution is -0.129. The molecule has 1 aliphatic heterocycles. The van der Waals surface area contributed by atoms with Gasteiger partial charge in [-0.1, -0.05) is 29.8 Å². The molecular weight excluding hydrogens is 396 g/mol. The van der Waals surface area contributed by atoms with E-state index in [0.29, 0.717) is 29.4 Å². The topological polar surface area (TPSA) is 64.7 Å². The van der Waals surface area contributed by atoms with Crippen molar-refractivity contribution in [2.75, 3.05) is 36.4 Å². The van der Waals surface area contributed by atoms with Crippen molar-refractivity contribution in [1.82, 2.24) is 10.2 Å². The number of benzene rings is 2. The second-order valence-corrected chi connectivity index (χ2v) is 7.25. The Morgan fingerprint density at radius 2 is 1.71 bits per heavy atom. The normalized spacial score (nSPS) is 13.8. The molecule has 0 radical (unpaired) electrons. The summed E-state index contributed by atoms with van der Waals surface area (Å²) in [6.45, 7) is 4.42. The van der Waals surface area contributed by atoms with Crippen molar-refractivity contribution in [3.05, 3.63) is 59.1 Å². The maximum Gasteiger partial charge on any atom is 0.257 e. The van der Waals surface area contributed by atoms with E-state index >= 15 is 0 Å². The summed E-state index contributed by atoms with van der Waals surface area (Å²) in [7, 11) is 0. The molecule has 1 fully saturated rings. The Hall–Kier alpha value is -2.64. The molecule has 0 bridgehead atoms. The van der Waals surface area contributed by atoms with Crippen LogP contribution in [0.15, 0.2) is 48.5 Å². The van der Waals surface area contributed by atoms with E-state index in [1.165, 1.54) is 0 Å². The van der Waals surface area contributed by atoms with E-state index in [9.17, 15) is 9.59 Å². The van der Waals surface area contributed by atoms with Crippen molar-refractivity contribution in [3.8, 4) is 0 Å². The highest BCUT2D eigenvalue weighted by atomic mass is 35.5. The third kappa shape index (κ3) is 4.99. The Bertz CT molecular complexity index is 883. The number of hydrogen-bond acceptors (Lipinski definition) is 4. The van der Waals surface area contributed by atoms with Gasteiger partial charge < -0.3 is 15.1 Å². The monoisotopic (exact) mass is 416 g/mol. The summed E-state index contributed by atoms with van der Waals surface area (Å²) >= 11 is 11.7. The molecule has 2 aromatic rings. The van der Waals surface area contributed by atoms with Gasteiger partial charge in [-0.3, -0.25) is 14.9 Å². The lowest BCUT2D eigenvalue weighted by atomic mass is 10.2. The number of anilines is 2. The van der Waals surface area contributed by atoms with Crippen LogP contribution in [-0.4, -0.2) is 48.0 Å². The third-order valence-corrected chi connectivity index (χ3v) is 5.04. The molecule has 0 aromatic heterocycles. The summed E-state index contributed by atoms with van der Waals surface area (Å²) in [5.74, 6) is -0.180. The van der Waals surface area contributed by atoms with Gasteiger partial charge in [-0.2, -0.15) is 0 Å². The van der Waals surface area contributed by atoms with Gasteiger partial charge in [0.2, 0.25) is 5.91 Å². The van der Waals surface area contributed by atoms with Crippen LogP contribution in [0.3, 0.4) is 0 Å². The number of rotatable bonds is 3. The standard InChI is InChI=1S/C20H21ClN4O2S/c1-14(26)24-9-11-25(12-10-24)18-8-7-16(13-17(18)21)22-20(28)23-19(27)15-5-3-2-4-6-15/h2-8,13H,9-12H2,1H3,(H2,22,23,27,28). The van der Waals surface area contributed by atoms with Crippen molar-refractivity contribution in [1.29, 1.82) is 0 Å². The van der Waals surface area contributed by atoms with Crippen LogP contribution in [0.5, 0.6) is 0 Å². The lowest BCUT2D eigenvalue weighted by Crippen LogP contribution is -2.48. The van der Waals surface area contributed by atoms with Crippen molar-refractivity contribution >= 4 is 52.1 Å². The lowest BCUT2D eigenvalue weighted by Gasteiger charge is -2.36. The predicted molar refractivity (Wildman–Crippen MR) is 116 cm³/mol. The number of nitrogens with one attached hydrogen (secondary N) is 2. The van der Waals surface area contributed by atoms with Crippen molar-refractivity contribution < 1.29 is 9.59 Å². The van der Waals surface area contributed by atoms with Crippen LogP contribution in [0.4, 0.5) is 11.4 Å². The van der Waals surface area contributed by atoms with Crippen LogP contribution in [0.25, 0.3) is 0 Å². The fourth-order valence-electron chi connectivity index (χ4n) is 3.03. The molecule has 6 nitrogen and oxygen atoms in total. The van der Waals surface area contributed by atoms with Gasteiger partial charge in [-0.15, -0.1) is 0 Å². The Morgan fingerprint density at radius 3 is 2.32 bits per heavy atom. The third-order valence-electron chi connectivity index (χ3n) is 4.53. The average Bonchev–Trinajstić information content (AvgIpc) is 2.69. The Morgan fingerprint density at radius 1 is 1.04 bits per heavy atom. The highest BCUT2D eigenvalue weighted by molar-refractivity contribution is 7.80. The molecule has 1 aliphatic rings. The molecule has 2 aromatic carbocycles. The minimum absolute atomic E-state index is 0.0938. The largest absolute Gasteiger partial charge is 0.367 e. The first-order valence-electron chi connectivity index (χ1n) is 8.91. The van der Waals surface area contributed by atoms with Crippen LogP contribution >= 0.6 is 23.8 Å². The molecule has 3 rings (SSSR count). The Labute approximate surface area is 174 Å². The average molecular weight is 417 g/mol. The van der Waals surface area contributed by atoms with Crippen molar-refractivity contribution in [3.63, 3.8) is 0 Å². The van der Waals surface area contributed by atoms with E-state index in [0.717, 1.165) is 18.8 Å². The van der Waals surface area contributed by atoms with Gasteiger partial charge >= 0.3 is 0 Å². The van der Waals surface area contributed by atoms with E-state index < -0.39 is 0 Å². The molecule has 0 aliphatic carbocycles. The number of nitrogens with zero attached hydrogens (tertiary/aromatic N) is 2. The number of piperazine rings is 1. The zero-order chi connectivity index (χ0) is 20.1. The highest BCUT2D eigenvalue weighted by Crippen LogP contribution is 2.29. The second-order valence-electron chi connectivity index (χ2n) is 6.43.